The van der Waals surface area contributed by atoms with Crippen molar-refractivity contribution in [1.29, 1.82) is 0 Å². The summed E-state index contributed by atoms with van der Waals surface area (Å²) in [6.07, 6.45) is 2.81. The fraction of sp³-hybridized carbons (Fsp3) is 0.143. The van der Waals surface area contributed by atoms with Gasteiger partial charge in [-0.2, -0.15) is 0 Å². The molecule has 0 aromatic carbocycles. The Hall–Kier alpha value is -1.56. The first-order valence-electron chi connectivity index (χ1n) is 3.45. The van der Waals surface area contributed by atoms with Crippen LogP contribution in [-0.4, -0.2) is 17.9 Å². The van der Waals surface area contributed by atoms with E-state index in [0.717, 1.165) is 0 Å². The van der Waals surface area contributed by atoms with Crippen molar-refractivity contribution < 1.29 is 19.0 Å². The Labute approximate surface area is 78.9 Å². The molecular weight excluding hydrogens is 194 g/mol. The number of ether oxygens (including phenoxy) is 3. The maximum Gasteiger partial charge on any atom is 0.294 e. The van der Waals surface area contributed by atoms with Crippen molar-refractivity contribution in [3.63, 3.8) is 0 Å². The van der Waals surface area contributed by atoms with Gasteiger partial charge in [-0.15, -0.1) is 0 Å². The summed E-state index contributed by atoms with van der Waals surface area (Å²) in [5.74, 6) is 0.179. The molecule has 0 saturated carbocycles. The van der Waals surface area contributed by atoms with E-state index in [-0.39, 0.29) is 23.6 Å². The first-order chi connectivity index (χ1) is 6.25. The summed E-state index contributed by atoms with van der Waals surface area (Å²) in [5.41, 5.74) is 0. The van der Waals surface area contributed by atoms with Crippen LogP contribution in [0.1, 0.15) is 0 Å². The van der Waals surface area contributed by atoms with Crippen molar-refractivity contribution in [3.05, 3.63) is 23.9 Å². The highest BCUT2D eigenvalue weighted by molar-refractivity contribution is 7.80. The van der Waals surface area contributed by atoms with Gasteiger partial charge in [-0.3, -0.25) is 10.1 Å². The molecule has 0 atom stereocenters. The molecule has 13 heavy (non-hydrogen) atoms. The Morgan fingerprint density at radius 1 is 1.62 bits per heavy atom. The van der Waals surface area contributed by atoms with Crippen molar-refractivity contribution in [1.82, 2.24) is 5.32 Å². The van der Waals surface area contributed by atoms with E-state index in [9.17, 15) is 4.79 Å². The van der Waals surface area contributed by atoms with Gasteiger partial charge >= 0.3 is 0 Å². The lowest BCUT2D eigenvalue weighted by molar-refractivity contribution is -0.116. The van der Waals surface area contributed by atoms with E-state index in [1.165, 1.54) is 12.3 Å². The van der Waals surface area contributed by atoms with Gasteiger partial charge in [0, 0.05) is 6.08 Å². The Morgan fingerprint density at radius 3 is 3.00 bits per heavy atom. The molecular formula is C7H5NO4S. The molecule has 1 saturated heterocycles. The van der Waals surface area contributed by atoms with Crippen LogP contribution < -0.4 is 5.32 Å². The van der Waals surface area contributed by atoms with Gasteiger partial charge in [-0.25, -0.2) is 0 Å². The lowest BCUT2D eigenvalue weighted by Crippen LogP contribution is -2.18. The first kappa shape index (κ1) is 8.06. The number of thiocarbonyl (C=S) groups is 1. The Balaban J connectivity index is 2.15. The van der Waals surface area contributed by atoms with Crippen molar-refractivity contribution in [2.24, 2.45) is 0 Å². The van der Waals surface area contributed by atoms with Crippen LogP contribution in [0.3, 0.4) is 0 Å². The Morgan fingerprint density at radius 2 is 2.46 bits per heavy atom. The maximum atomic E-state index is 11.1. The minimum absolute atomic E-state index is 0.0516. The average Bonchev–Trinajstić information content (AvgIpc) is 2.63. The van der Waals surface area contributed by atoms with Crippen LogP contribution in [0.2, 0.25) is 0 Å². The van der Waals surface area contributed by atoms with Gasteiger partial charge in [0.2, 0.25) is 6.79 Å². The summed E-state index contributed by atoms with van der Waals surface area (Å²) in [6, 6.07) is 0. The molecule has 1 amide bonds. The Kier molecular flexibility index (Phi) is 1.90. The monoisotopic (exact) mass is 199 g/mol. The van der Waals surface area contributed by atoms with Gasteiger partial charge in [0.1, 0.15) is 6.26 Å². The van der Waals surface area contributed by atoms with Crippen LogP contribution in [0, 0.1) is 0 Å². The topological polar surface area (TPSA) is 56.8 Å². The zero-order valence-electron chi connectivity index (χ0n) is 6.40. The summed E-state index contributed by atoms with van der Waals surface area (Å²) in [5, 5.41) is 2.37. The van der Waals surface area contributed by atoms with E-state index in [1.807, 2.05) is 0 Å². The maximum absolute atomic E-state index is 11.1. The van der Waals surface area contributed by atoms with Crippen LogP contribution in [0.25, 0.3) is 0 Å². The van der Waals surface area contributed by atoms with Gasteiger partial charge in [-0.1, -0.05) is 0 Å². The fourth-order valence-electron chi connectivity index (χ4n) is 0.878. The van der Waals surface area contributed by atoms with E-state index in [2.05, 4.69) is 17.5 Å². The van der Waals surface area contributed by atoms with E-state index < -0.39 is 0 Å². The third-order valence-electron chi connectivity index (χ3n) is 1.41. The molecule has 0 radical (unpaired) electrons. The van der Waals surface area contributed by atoms with Crippen molar-refractivity contribution in [2.75, 3.05) is 6.79 Å². The van der Waals surface area contributed by atoms with Gasteiger partial charge in [0.15, 0.2) is 11.5 Å². The molecule has 0 aliphatic carbocycles. The molecule has 2 aliphatic rings. The van der Waals surface area contributed by atoms with Crippen LogP contribution in [0.4, 0.5) is 0 Å². The highest BCUT2D eigenvalue weighted by Crippen LogP contribution is 2.14. The smallest absolute Gasteiger partial charge is 0.294 e. The van der Waals surface area contributed by atoms with E-state index in [4.69, 9.17) is 14.2 Å². The minimum Gasteiger partial charge on any atom is -0.461 e. The summed E-state index contributed by atoms with van der Waals surface area (Å²) < 4.78 is 14.6. The predicted molar refractivity (Wildman–Crippen MR) is 45.0 cm³/mol. The minimum atomic E-state index is -0.374. The molecule has 0 spiro atoms. The number of hydrogen-bond acceptors (Lipinski definition) is 5. The molecule has 0 bridgehead atoms. The lowest BCUT2D eigenvalue weighted by atomic mass is 10.4. The molecule has 1 N–H and O–H groups in total. The molecule has 0 aromatic rings. The SMILES string of the molecule is O=C1NC(=S)OC1=CC1=COCO1. The summed E-state index contributed by atoms with van der Waals surface area (Å²) in [4.78, 5) is 11.1. The van der Waals surface area contributed by atoms with E-state index in [0.29, 0.717) is 5.76 Å². The van der Waals surface area contributed by atoms with Crippen LogP contribution >= 0.6 is 12.2 Å². The zero-order chi connectivity index (χ0) is 9.26. The highest BCUT2D eigenvalue weighted by atomic mass is 32.1. The molecule has 0 aromatic heterocycles. The number of carbonyl (C=O) groups excluding carboxylic acids is 1. The number of rotatable bonds is 1. The number of carbonyl (C=O) groups is 1. The average molecular weight is 199 g/mol. The third kappa shape index (κ3) is 1.62. The van der Waals surface area contributed by atoms with Crippen molar-refractivity contribution >= 4 is 23.3 Å². The molecule has 5 nitrogen and oxygen atoms in total. The summed E-state index contributed by atoms with van der Waals surface area (Å²) in [6.45, 7) is 0.158. The molecule has 2 heterocycles. The normalized spacial score (nSPS) is 23.4. The summed E-state index contributed by atoms with van der Waals surface area (Å²) in [7, 11) is 0. The molecule has 1 fully saturated rings. The quantitative estimate of drug-likeness (QED) is 0.481. The van der Waals surface area contributed by atoms with E-state index in [1.54, 1.807) is 0 Å². The lowest BCUT2D eigenvalue weighted by Gasteiger charge is -1.94. The number of amides is 1. The fourth-order valence-corrected chi connectivity index (χ4v) is 1.06. The second-order valence-corrected chi connectivity index (χ2v) is 2.67. The summed E-state index contributed by atoms with van der Waals surface area (Å²) >= 11 is 4.63. The largest absolute Gasteiger partial charge is 0.461 e. The van der Waals surface area contributed by atoms with Crippen LogP contribution in [0.15, 0.2) is 23.9 Å². The van der Waals surface area contributed by atoms with Gasteiger partial charge in [-0.05, 0) is 12.2 Å². The number of nitrogens with one attached hydrogen (secondary N) is 1. The molecule has 6 heteroatoms. The van der Waals surface area contributed by atoms with Gasteiger partial charge in [0.05, 0.1) is 0 Å². The molecule has 2 rings (SSSR count). The standard InChI is InChI=1S/C7H5NO4S/c9-6-5(12-7(13)8-6)1-4-2-10-3-11-4/h1-2H,3H2,(H,8,9,13). The molecule has 68 valence electrons. The van der Waals surface area contributed by atoms with E-state index >= 15 is 0 Å². The van der Waals surface area contributed by atoms with Crippen LogP contribution in [-0.2, 0) is 19.0 Å². The third-order valence-corrected chi connectivity index (χ3v) is 1.59. The molecule has 0 unspecified atom stereocenters. The molecule has 2 aliphatic heterocycles. The second-order valence-electron chi connectivity index (χ2n) is 2.30. The predicted octanol–water partition coefficient (Wildman–Crippen LogP) is 0.147. The second kappa shape index (κ2) is 3.06. The van der Waals surface area contributed by atoms with Gasteiger partial charge < -0.3 is 14.2 Å². The highest BCUT2D eigenvalue weighted by Gasteiger charge is 2.24. The van der Waals surface area contributed by atoms with Crippen molar-refractivity contribution in [2.45, 2.75) is 0 Å². The van der Waals surface area contributed by atoms with Crippen LogP contribution in [0.5, 0.6) is 0 Å². The van der Waals surface area contributed by atoms with Gasteiger partial charge in [0.25, 0.3) is 11.1 Å². The first-order valence-corrected chi connectivity index (χ1v) is 3.86. The zero-order valence-corrected chi connectivity index (χ0v) is 7.22. The number of hydrogen-bond donors (Lipinski definition) is 1. The van der Waals surface area contributed by atoms with Crippen molar-refractivity contribution in [3.8, 4) is 0 Å². The number of allylic oxidation sites excluding steroid dienone is 1. The Bertz CT molecular complexity index is 333.